The molecule has 4 rings (SSSR count). The van der Waals surface area contributed by atoms with E-state index in [1.807, 2.05) is 59.2 Å². The van der Waals surface area contributed by atoms with Gasteiger partial charge in [0.1, 0.15) is 0 Å². The molecule has 2 aromatic heterocycles. The van der Waals surface area contributed by atoms with Gasteiger partial charge in [-0.2, -0.15) is 0 Å². The Kier molecular flexibility index (Phi) is 7.36. The highest BCUT2D eigenvalue weighted by Gasteiger charge is 2.15. The third-order valence-electron chi connectivity index (χ3n) is 4.46. The number of rotatable bonds is 9. The second-order valence-electron chi connectivity index (χ2n) is 6.85. The number of halogens is 1. The van der Waals surface area contributed by atoms with Crippen molar-refractivity contribution in [1.29, 1.82) is 0 Å². The summed E-state index contributed by atoms with van der Waals surface area (Å²) in [6, 6.07) is 17.5. The predicted molar refractivity (Wildman–Crippen MR) is 131 cm³/mol. The minimum atomic E-state index is -0.145. The summed E-state index contributed by atoms with van der Waals surface area (Å²) in [6.07, 6.45) is 4.29. The molecule has 32 heavy (non-hydrogen) atoms. The van der Waals surface area contributed by atoms with E-state index < -0.39 is 0 Å². The van der Waals surface area contributed by atoms with E-state index in [4.69, 9.17) is 11.6 Å². The van der Waals surface area contributed by atoms with Gasteiger partial charge in [0.15, 0.2) is 16.1 Å². The summed E-state index contributed by atoms with van der Waals surface area (Å²) >= 11 is 8.84. The molecule has 0 atom stereocenters. The second kappa shape index (κ2) is 10.6. The van der Waals surface area contributed by atoms with Gasteiger partial charge >= 0.3 is 0 Å². The molecule has 0 unspecified atom stereocenters. The van der Waals surface area contributed by atoms with E-state index in [0.717, 1.165) is 28.2 Å². The average Bonchev–Trinajstić information content (AvgIpc) is 3.40. The molecule has 0 saturated carbocycles. The van der Waals surface area contributed by atoms with Crippen LogP contribution in [0.25, 0.3) is 11.4 Å². The number of carbonyl (C=O) groups is 1. The molecule has 0 aliphatic rings. The van der Waals surface area contributed by atoms with Crippen LogP contribution in [0.5, 0.6) is 0 Å². The SMILES string of the molecule is C=CCn1c(SCC(=O)Nc2ncc(Cc3cccc(Cl)c3)s2)nnc1-c1ccccc1. The fraction of sp³-hybridized carbons (Fsp3) is 0.130. The van der Waals surface area contributed by atoms with Gasteiger partial charge < -0.3 is 5.32 Å². The van der Waals surface area contributed by atoms with Gasteiger partial charge in [0.2, 0.25) is 5.91 Å². The highest BCUT2D eigenvalue weighted by Crippen LogP contribution is 2.25. The Morgan fingerprint density at radius 3 is 2.81 bits per heavy atom. The van der Waals surface area contributed by atoms with Gasteiger partial charge in [-0.25, -0.2) is 4.98 Å². The molecule has 0 saturated heterocycles. The van der Waals surface area contributed by atoms with Crippen LogP contribution in [0.15, 0.2) is 78.6 Å². The number of nitrogens with one attached hydrogen (secondary N) is 1. The zero-order chi connectivity index (χ0) is 22.3. The van der Waals surface area contributed by atoms with Gasteiger partial charge in [-0.15, -0.1) is 28.1 Å². The van der Waals surface area contributed by atoms with E-state index in [9.17, 15) is 4.79 Å². The van der Waals surface area contributed by atoms with Crippen LogP contribution in [-0.4, -0.2) is 31.4 Å². The van der Waals surface area contributed by atoms with E-state index in [1.165, 1.54) is 23.1 Å². The minimum Gasteiger partial charge on any atom is -0.301 e. The molecule has 0 aliphatic heterocycles. The zero-order valence-corrected chi connectivity index (χ0v) is 19.5. The van der Waals surface area contributed by atoms with Crippen LogP contribution in [0.2, 0.25) is 5.02 Å². The van der Waals surface area contributed by atoms with E-state index >= 15 is 0 Å². The molecule has 6 nitrogen and oxygen atoms in total. The first-order valence-electron chi connectivity index (χ1n) is 9.83. The number of thioether (sulfide) groups is 1. The predicted octanol–water partition coefficient (Wildman–Crippen LogP) is 5.56. The van der Waals surface area contributed by atoms with Gasteiger partial charge in [0.25, 0.3) is 0 Å². The Labute approximate surface area is 199 Å². The first kappa shape index (κ1) is 22.3. The number of benzene rings is 2. The number of hydrogen-bond acceptors (Lipinski definition) is 6. The van der Waals surface area contributed by atoms with Crippen LogP contribution in [0.1, 0.15) is 10.4 Å². The maximum Gasteiger partial charge on any atom is 0.236 e. The van der Waals surface area contributed by atoms with Gasteiger partial charge in [0, 0.05) is 34.6 Å². The van der Waals surface area contributed by atoms with Crippen molar-refractivity contribution < 1.29 is 4.79 Å². The molecule has 0 bridgehead atoms. The standard InChI is InChI=1S/C23H20ClN5OS2/c1-2-11-29-21(17-8-4-3-5-9-17)27-28-23(29)31-15-20(30)26-22-25-14-19(32-22)13-16-7-6-10-18(24)12-16/h2-10,12,14H,1,11,13,15H2,(H,25,26,30). The first-order chi connectivity index (χ1) is 15.6. The molecule has 9 heteroatoms. The molecule has 0 fully saturated rings. The summed E-state index contributed by atoms with van der Waals surface area (Å²) in [5.41, 5.74) is 2.07. The smallest absolute Gasteiger partial charge is 0.236 e. The number of aromatic nitrogens is 4. The van der Waals surface area contributed by atoms with Crippen LogP contribution in [0.3, 0.4) is 0 Å². The lowest BCUT2D eigenvalue weighted by Crippen LogP contribution is -2.14. The molecule has 0 radical (unpaired) electrons. The van der Waals surface area contributed by atoms with Gasteiger partial charge in [-0.05, 0) is 17.7 Å². The third kappa shape index (κ3) is 5.64. The second-order valence-corrected chi connectivity index (χ2v) is 9.34. The Bertz CT molecular complexity index is 1220. The monoisotopic (exact) mass is 481 g/mol. The van der Waals surface area contributed by atoms with Crippen molar-refractivity contribution in [1.82, 2.24) is 19.7 Å². The zero-order valence-electron chi connectivity index (χ0n) is 17.1. The third-order valence-corrected chi connectivity index (χ3v) is 6.57. The fourth-order valence-electron chi connectivity index (χ4n) is 3.07. The molecule has 2 aromatic carbocycles. The summed E-state index contributed by atoms with van der Waals surface area (Å²) in [5.74, 6) is 0.805. The molecular weight excluding hydrogens is 462 g/mol. The lowest BCUT2D eigenvalue weighted by molar-refractivity contribution is -0.113. The lowest BCUT2D eigenvalue weighted by atomic mass is 10.1. The summed E-state index contributed by atoms with van der Waals surface area (Å²) in [4.78, 5) is 17.9. The number of carbonyl (C=O) groups excluding carboxylic acids is 1. The number of hydrogen-bond donors (Lipinski definition) is 1. The summed E-state index contributed by atoms with van der Waals surface area (Å²) in [6.45, 7) is 4.38. The summed E-state index contributed by atoms with van der Waals surface area (Å²) in [7, 11) is 0. The quantitative estimate of drug-likeness (QED) is 0.250. The van der Waals surface area contributed by atoms with E-state index in [-0.39, 0.29) is 11.7 Å². The molecule has 1 amide bonds. The number of thiazole rings is 1. The Morgan fingerprint density at radius 2 is 2.03 bits per heavy atom. The average molecular weight is 482 g/mol. The summed E-state index contributed by atoms with van der Waals surface area (Å²) in [5, 5.41) is 13.4. The van der Waals surface area contributed by atoms with Crippen LogP contribution in [0.4, 0.5) is 5.13 Å². The molecule has 0 aliphatic carbocycles. The maximum absolute atomic E-state index is 12.5. The van der Waals surface area contributed by atoms with Crippen LogP contribution in [-0.2, 0) is 17.8 Å². The molecule has 162 valence electrons. The van der Waals surface area contributed by atoms with E-state index in [2.05, 4.69) is 27.1 Å². The minimum absolute atomic E-state index is 0.145. The highest BCUT2D eigenvalue weighted by molar-refractivity contribution is 7.99. The van der Waals surface area contributed by atoms with E-state index in [0.29, 0.717) is 21.9 Å². The summed E-state index contributed by atoms with van der Waals surface area (Å²) < 4.78 is 1.95. The largest absolute Gasteiger partial charge is 0.301 e. The van der Waals surface area contributed by atoms with Crippen LogP contribution >= 0.6 is 34.7 Å². The molecular formula is C23H20ClN5OS2. The number of amides is 1. The number of allylic oxidation sites excluding steroid dienone is 1. The molecule has 0 spiro atoms. The van der Waals surface area contributed by atoms with Crippen molar-refractivity contribution in [2.24, 2.45) is 0 Å². The van der Waals surface area contributed by atoms with Crippen LogP contribution < -0.4 is 5.32 Å². The molecule has 2 heterocycles. The van der Waals surface area contributed by atoms with Gasteiger partial charge in [0.05, 0.1) is 5.75 Å². The highest BCUT2D eigenvalue weighted by atomic mass is 35.5. The topological polar surface area (TPSA) is 72.7 Å². The van der Waals surface area contributed by atoms with Crippen molar-refractivity contribution in [3.8, 4) is 11.4 Å². The lowest BCUT2D eigenvalue weighted by Gasteiger charge is -2.07. The Morgan fingerprint density at radius 1 is 1.19 bits per heavy atom. The molecule has 1 N–H and O–H groups in total. The van der Waals surface area contributed by atoms with Gasteiger partial charge in [-0.1, -0.05) is 71.9 Å². The van der Waals surface area contributed by atoms with Crippen molar-refractivity contribution in [2.75, 3.05) is 11.1 Å². The Hall–Kier alpha value is -2.94. The first-order valence-corrected chi connectivity index (χ1v) is 12.0. The number of nitrogens with zero attached hydrogens (tertiary/aromatic N) is 4. The Balaban J connectivity index is 1.37. The van der Waals surface area contributed by atoms with E-state index in [1.54, 1.807) is 12.3 Å². The number of anilines is 1. The van der Waals surface area contributed by atoms with Crippen molar-refractivity contribution in [3.63, 3.8) is 0 Å². The normalized spacial score (nSPS) is 10.8. The van der Waals surface area contributed by atoms with Crippen molar-refractivity contribution in [2.45, 2.75) is 18.1 Å². The fourth-order valence-corrected chi connectivity index (χ4v) is 4.89. The van der Waals surface area contributed by atoms with Gasteiger partial charge in [-0.3, -0.25) is 9.36 Å². The van der Waals surface area contributed by atoms with Crippen molar-refractivity contribution in [3.05, 3.63) is 88.9 Å². The van der Waals surface area contributed by atoms with Crippen LogP contribution in [0, 0.1) is 0 Å². The van der Waals surface area contributed by atoms with Crippen molar-refractivity contribution >= 4 is 45.7 Å². The maximum atomic E-state index is 12.5. The molecule has 4 aromatic rings.